The van der Waals surface area contributed by atoms with Gasteiger partial charge in [0.1, 0.15) is 11.3 Å². The predicted molar refractivity (Wildman–Crippen MR) is 221 cm³/mol. The molecule has 8 rings (SSSR count). The molecule has 0 aliphatic rings. The first kappa shape index (κ1) is 37.7. The molecule has 0 unspecified atom stereocenters. The number of para-hydroxylation sites is 2. The quantitative estimate of drug-likeness (QED) is 0.168. The molecule has 3 aromatic heterocycles. The molecule has 0 amide bonds. The zero-order chi connectivity index (χ0) is 37.8. The minimum atomic E-state index is -0.190. The van der Waals surface area contributed by atoms with Crippen molar-refractivity contribution in [1.29, 1.82) is 0 Å². The molecule has 3 heterocycles. The third-order valence-electron chi connectivity index (χ3n) is 10.0. The van der Waals surface area contributed by atoms with E-state index in [4.69, 9.17) is 14.4 Å². The van der Waals surface area contributed by atoms with Gasteiger partial charge in [0.05, 0.1) is 11.1 Å². The van der Waals surface area contributed by atoms with Crippen LogP contribution in [-0.4, -0.2) is 20.1 Å². The average molecular weight is 903 g/mol. The van der Waals surface area contributed by atoms with Crippen molar-refractivity contribution in [3.05, 3.63) is 151 Å². The van der Waals surface area contributed by atoms with Gasteiger partial charge in [-0.2, -0.15) is 0 Å². The number of aryl methyl sites for hydroxylation is 1. The monoisotopic (exact) mass is 902 g/mol. The number of phenolic OH excluding ortho intramolecular Hbond substituents is 1. The Morgan fingerprint density at radius 3 is 1.91 bits per heavy atom. The molecule has 6 nitrogen and oxygen atoms in total. The number of aromatic nitrogens is 3. The van der Waals surface area contributed by atoms with Gasteiger partial charge in [-0.05, 0) is 76.9 Å². The van der Waals surface area contributed by atoms with Gasteiger partial charge in [-0.25, -0.2) is 4.98 Å². The van der Waals surface area contributed by atoms with Gasteiger partial charge >= 0.3 is 0 Å². The zero-order valence-corrected chi connectivity index (χ0v) is 34.4. The van der Waals surface area contributed by atoms with Crippen LogP contribution in [0.1, 0.15) is 58.2 Å². The van der Waals surface area contributed by atoms with Crippen LogP contribution in [0.15, 0.2) is 132 Å². The third-order valence-corrected chi connectivity index (χ3v) is 10.0. The van der Waals surface area contributed by atoms with Crippen LogP contribution in [0.5, 0.6) is 5.75 Å². The molecule has 0 saturated heterocycles. The van der Waals surface area contributed by atoms with Gasteiger partial charge < -0.3 is 14.4 Å². The minimum Gasteiger partial charge on any atom is -0.507 e. The van der Waals surface area contributed by atoms with Crippen LogP contribution in [0.2, 0.25) is 0 Å². The maximum Gasteiger partial charge on any atom is 0.230 e. The first-order valence-electron chi connectivity index (χ1n) is 18.3. The number of benzene rings is 5. The Morgan fingerprint density at radius 1 is 0.636 bits per heavy atom. The van der Waals surface area contributed by atoms with Gasteiger partial charge in [-0.15, -0.1) is 34.9 Å². The second kappa shape index (κ2) is 14.6. The van der Waals surface area contributed by atoms with Crippen LogP contribution in [0.4, 0.5) is 17.1 Å². The fourth-order valence-corrected chi connectivity index (χ4v) is 6.92. The number of pyridine rings is 2. The van der Waals surface area contributed by atoms with Crippen molar-refractivity contribution in [2.24, 2.45) is 0 Å². The molecule has 278 valence electrons. The maximum atomic E-state index is 11.2. The smallest absolute Gasteiger partial charge is 0.230 e. The van der Waals surface area contributed by atoms with Crippen LogP contribution < -0.4 is 4.90 Å². The van der Waals surface area contributed by atoms with Crippen molar-refractivity contribution in [3.8, 4) is 39.5 Å². The first-order chi connectivity index (χ1) is 25.8. The SMILES string of the molecule is Cc1ccnc2c(-c3[c-]c(-c4cc(N(c5ccccc5)c5ccccc5)cc5oc(-c6cc(C(C)(C)C)ccc6O)nc45)cc(C(C)(C)C)c3)cncc12.[Pt]. The minimum absolute atomic E-state index is 0. The molecule has 0 spiro atoms. The van der Waals surface area contributed by atoms with Crippen molar-refractivity contribution in [3.63, 3.8) is 0 Å². The second-order valence-corrected chi connectivity index (χ2v) is 16.0. The van der Waals surface area contributed by atoms with E-state index in [1.54, 1.807) is 6.07 Å². The molecule has 0 fully saturated rings. The molecular weight excluding hydrogens is 860 g/mol. The van der Waals surface area contributed by atoms with E-state index in [2.05, 4.69) is 107 Å². The Morgan fingerprint density at radius 2 is 1.27 bits per heavy atom. The molecule has 55 heavy (non-hydrogen) atoms. The molecular formula is C48H43N4O2Pt-. The van der Waals surface area contributed by atoms with E-state index in [0.29, 0.717) is 22.6 Å². The number of hydrogen-bond donors (Lipinski definition) is 1. The van der Waals surface area contributed by atoms with Crippen LogP contribution in [0, 0.1) is 13.0 Å². The number of hydrogen-bond acceptors (Lipinski definition) is 6. The second-order valence-electron chi connectivity index (χ2n) is 16.0. The summed E-state index contributed by atoms with van der Waals surface area (Å²) in [6.45, 7) is 15.2. The molecule has 0 aliphatic carbocycles. The third kappa shape index (κ3) is 7.32. The molecule has 0 radical (unpaired) electrons. The Bertz CT molecular complexity index is 2620. The Balaban J connectivity index is 0.00000465. The average Bonchev–Trinajstić information content (AvgIpc) is 3.59. The zero-order valence-electron chi connectivity index (χ0n) is 32.1. The van der Waals surface area contributed by atoms with Gasteiger partial charge in [0.25, 0.3) is 0 Å². The van der Waals surface area contributed by atoms with Gasteiger partial charge in [0.2, 0.25) is 5.89 Å². The summed E-state index contributed by atoms with van der Waals surface area (Å²) in [5.74, 6) is 0.462. The summed E-state index contributed by atoms with van der Waals surface area (Å²) >= 11 is 0. The Kier molecular flexibility index (Phi) is 10.00. The van der Waals surface area contributed by atoms with Gasteiger partial charge in [0.15, 0.2) is 0 Å². The topological polar surface area (TPSA) is 75.3 Å². The number of oxazole rings is 1. The summed E-state index contributed by atoms with van der Waals surface area (Å²) in [4.78, 5) is 16.8. The normalized spacial score (nSPS) is 11.8. The fraction of sp³-hybridized carbons (Fsp3) is 0.188. The summed E-state index contributed by atoms with van der Waals surface area (Å²) in [7, 11) is 0. The van der Waals surface area contributed by atoms with Crippen LogP contribution in [0.25, 0.3) is 55.7 Å². The summed E-state index contributed by atoms with van der Waals surface area (Å²) in [5, 5.41) is 12.2. The molecule has 5 aromatic carbocycles. The molecule has 7 heteroatoms. The summed E-state index contributed by atoms with van der Waals surface area (Å²) < 4.78 is 6.68. The van der Waals surface area contributed by atoms with E-state index in [0.717, 1.165) is 66.9 Å². The van der Waals surface area contributed by atoms with Crippen molar-refractivity contribution in [1.82, 2.24) is 15.0 Å². The van der Waals surface area contributed by atoms with Crippen molar-refractivity contribution in [2.45, 2.75) is 59.3 Å². The molecule has 1 N–H and O–H groups in total. The summed E-state index contributed by atoms with van der Waals surface area (Å²) in [5.41, 5.74) is 12.1. The van der Waals surface area contributed by atoms with Crippen molar-refractivity contribution < 1.29 is 30.6 Å². The summed E-state index contributed by atoms with van der Waals surface area (Å²) in [6.07, 6.45) is 5.62. The van der Waals surface area contributed by atoms with E-state index in [1.807, 2.05) is 79.3 Å². The van der Waals surface area contributed by atoms with Crippen molar-refractivity contribution in [2.75, 3.05) is 4.90 Å². The van der Waals surface area contributed by atoms with Crippen molar-refractivity contribution >= 4 is 39.1 Å². The van der Waals surface area contributed by atoms with Crippen LogP contribution >= 0.6 is 0 Å². The summed E-state index contributed by atoms with van der Waals surface area (Å²) in [6, 6.07) is 40.7. The van der Waals surface area contributed by atoms with E-state index in [1.165, 1.54) is 0 Å². The van der Waals surface area contributed by atoms with E-state index in [9.17, 15) is 5.11 Å². The van der Waals surface area contributed by atoms with Gasteiger partial charge in [-0.3, -0.25) is 9.97 Å². The maximum absolute atomic E-state index is 11.2. The number of aromatic hydroxyl groups is 1. The van der Waals surface area contributed by atoms with E-state index >= 15 is 0 Å². The van der Waals surface area contributed by atoms with E-state index in [-0.39, 0.29) is 37.6 Å². The number of anilines is 3. The first-order valence-corrected chi connectivity index (χ1v) is 18.3. The molecule has 0 aliphatic heterocycles. The largest absolute Gasteiger partial charge is 0.507 e. The van der Waals surface area contributed by atoms with Gasteiger partial charge in [0, 0.05) is 73.7 Å². The standard InChI is InChI=1S/C48H43N4O2.Pt/c1-30-20-21-50-44-40(30)28-49-29-41(44)32-22-31(23-34(24-32)48(5,6)7)38-26-37(52(35-14-10-8-11-15-35)36-16-12-9-13-17-36)27-43-45(38)51-46(54-43)39-25-33(47(2,3)4)18-19-42(39)53;/h8-21,23-29,53H,1-7H3;/q-1;. The Labute approximate surface area is 337 Å². The molecule has 0 atom stereocenters. The fourth-order valence-electron chi connectivity index (χ4n) is 6.92. The van der Waals surface area contributed by atoms with Crippen LogP contribution in [-0.2, 0) is 31.9 Å². The van der Waals surface area contributed by atoms with E-state index < -0.39 is 0 Å². The predicted octanol–water partition coefficient (Wildman–Crippen LogP) is 12.6. The number of phenols is 1. The number of fused-ring (bicyclic) bond motifs is 2. The molecule has 0 bridgehead atoms. The Hall–Kier alpha value is -5.58. The molecule has 0 saturated carbocycles. The number of rotatable bonds is 6. The van der Waals surface area contributed by atoms with Gasteiger partial charge in [-0.1, -0.05) is 95.6 Å². The molecule has 8 aromatic rings. The number of nitrogens with zero attached hydrogens (tertiary/aromatic N) is 4. The van der Waals surface area contributed by atoms with Crippen LogP contribution in [0.3, 0.4) is 0 Å².